The summed E-state index contributed by atoms with van der Waals surface area (Å²) in [7, 11) is 3.70. The van der Waals surface area contributed by atoms with Crippen molar-refractivity contribution in [2.24, 2.45) is 16.3 Å². The van der Waals surface area contributed by atoms with Gasteiger partial charge in [-0.05, 0) is 38.5 Å². The third-order valence-corrected chi connectivity index (χ3v) is 4.56. The van der Waals surface area contributed by atoms with E-state index in [1.54, 1.807) is 4.90 Å². The number of rotatable bonds is 6. The van der Waals surface area contributed by atoms with Crippen LogP contribution in [-0.4, -0.2) is 50.5 Å². The van der Waals surface area contributed by atoms with E-state index in [1.165, 1.54) is 12.8 Å². The largest absolute Gasteiger partial charge is 0.357 e. The summed E-state index contributed by atoms with van der Waals surface area (Å²) in [6.07, 6.45) is 6.87. The van der Waals surface area contributed by atoms with Crippen LogP contribution in [0.25, 0.3) is 0 Å². The molecule has 0 saturated heterocycles. The Morgan fingerprint density at radius 1 is 1.23 bits per heavy atom. The minimum Gasteiger partial charge on any atom is -0.357 e. The molecule has 128 valence electrons. The van der Waals surface area contributed by atoms with Crippen molar-refractivity contribution in [2.75, 3.05) is 33.7 Å². The predicted octanol–water partition coefficient (Wildman–Crippen LogP) is 2.22. The number of aliphatic imine (C=N–C) groups is 1. The molecule has 0 unspecified atom stereocenters. The van der Waals surface area contributed by atoms with Crippen molar-refractivity contribution in [1.29, 1.82) is 0 Å². The van der Waals surface area contributed by atoms with E-state index in [9.17, 15) is 4.79 Å². The zero-order valence-corrected chi connectivity index (χ0v) is 16.5. The van der Waals surface area contributed by atoms with Crippen molar-refractivity contribution in [3.63, 3.8) is 0 Å². The van der Waals surface area contributed by atoms with Crippen LogP contribution in [0.15, 0.2) is 4.99 Å². The second-order valence-corrected chi connectivity index (χ2v) is 6.71. The van der Waals surface area contributed by atoms with Gasteiger partial charge in [0, 0.05) is 27.2 Å². The second kappa shape index (κ2) is 8.93. The molecule has 2 aliphatic carbocycles. The molecule has 2 aliphatic rings. The van der Waals surface area contributed by atoms with E-state index in [0.717, 1.165) is 50.7 Å². The number of guanidine groups is 1. The molecular weight excluding hydrogens is 391 g/mol. The van der Waals surface area contributed by atoms with E-state index in [-0.39, 0.29) is 35.3 Å². The molecule has 2 fully saturated rings. The Hall–Kier alpha value is -0.530. The van der Waals surface area contributed by atoms with Crippen molar-refractivity contribution >= 4 is 35.8 Å². The molecule has 1 amide bonds. The summed E-state index contributed by atoms with van der Waals surface area (Å²) < 4.78 is 0. The first kappa shape index (κ1) is 19.5. The molecule has 0 atom stereocenters. The van der Waals surface area contributed by atoms with Crippen LogP contribution in [-0.2, 0) is 4.79 Å². The molecule has 2 saturated carbocycles. The normalized spacial score (nSPS) is 20.2. The highest BCUT2D eigenvalue weighted by Crippen LogP contribution is 2.39. The molecule has 2 N–H and O–H groups in total. The first-order valence-corrected chi connectivity index (χ1v) is 8.31. The summed E-state index contributed by atoms with van der Waals surface area (Å²) in [5.74, 6) is 1.92. The van der Waals surface area contributed by atoms with Crippen molar-refractivity contribution in [3.8, 4) is 0 Å². The molecule has 2 rings (SSSR count). The Morgan fingerprint density at radius 2 is 1.86 bits per heavy atom. The maximum atomic E-state index is 12.5. The molecule has 5 nitrogen and oxygen atoms in total. The van der Waals surface area contributed by atoms with Crippen LogP contribution < -0.4 is 10.6 Å². The maximum absolute atomic E-state index is 12.5. The average Bonchev–Trinajstić information content (AvgIpc) is 3.17. The van der Waals surface area contributed by atoms with Crippen molar-refractivity contribution < 1.29 is 4.79 Å². The number of nitrogens with one attached hydrogen (secondary N) is 2. The third-order valence-electron chi connectivity index (χ3n) is 4.56. The quantitative estimate of drug-likeness (QED) is 0.392. The number of nitrogens with zero attached hydrogens (tertiary/aromatic N) is 2. The molecule has 0 radical (unpaired) electrons. The maximum Gasteiger partial charge on any atom is 0.230 e. The van der Waals surface area contributed by atoms with E-state index in [0.29, 0.717) is 6.54 Å². The SMILES string of the molecule is CCNC(=NCC1(C(=O)N(C)C)CCCC1)NCC1CC1.I. The Balaban J connectivity index is 0.00000242. The molecule has 0 spiro atoms. The molecule has 0 aromatic rings. The van der Waals surface area contributed by atoms with Gasteiger partial charge in [0.25, 0.3) is 0 Å². The minimum atomic E-state index is -0.272. The summed E-state index contributed by atoms with van der Waals surface area (Å²) in [6, 6.07) is 0. The summed E-state index contributed by atoms with van der Waals surface area (Å²) in [6.45, 7) is 4.53. The molecule has 0 heterocycles. The van der Waals surface area contributed by atoms with Crippen LogP contribution in [0, 0.1) is 11.3 Å². The average molecular weight is 422 g/mol. The van der Waals surface area contributed by atoms with Gasteiger partial charge in [-0.15, -0.1) is 24.0 Å². The van der Waals surface area contributed by atoms with Gasteiger partial charge in [0.2, 0.25) is 5.91 Å². The van der Waals surface area contributed by atoms with Crippen LogP contribution in [0.1, 0.15) is 45.4 Å². The van der Waals surface area contributed by atoms with Crippen LogP contribution in [0.2, 0.25) is 0 Å². The lowest BCUT2D eigenvalue weighted by molar-refractivity contribution is -0.138. The zero-order valence-electron chi connectivity index (χ0n) is 14.2. The van der Waals surface area contributed by atoms with Crippen LogP contribution >= 0.6 is 24.0 Å². The van der Waals surface area contributed by atoms with Gasteiger partial charge < -0.3 is 15.5 Å². The van der Waals surface area contributed by atoms with Crippen molar-refractivity contribution in [2.45, 2.75) is 45.4 Å². The topological polar surface area (TPSA) is 56.7 Å². The Bertz CT molecular complexity index is 388. The summed E-state index contributed by atoms with van der Waals surface area (Å²) in [5, 5.41) is 6.69. The number of carbonyl (C=O) groups excluding carboxylic acids is 1. The first-order chi connectivity index (χ1) is 10.1. The monoisotopic (exact) mass is 422 g/mol. The van der Waals surface area contributed by atoms with E-state index in [2.05, 4.69) is 17.6 Å². The number of halogens is 1. The van der Waals surface area contributed by atoms with E-state index in [4.69, 9.17) is 4.99 Å². The smallest absolute Gasteiger partial charge is 0.230 e. The minimum absolute atomic E-state index is 0. The first-order valence-electron chi connectivity index (χ1n) is 8.31. The van der Waals surface area contributed by atoms with Gasteiger partial charge in [0.15, 0.2) is 5.96 Å². The Labute approximate surface area is 151 Å². The molecule has 0 bridgehead atoms. The number of hydrogen-bond donors (Lipinski definition) is 2. The van der Waals surface area contributed by atoms with E-state index < -0.39 is 0 Å². The van der Waals surface area contributed by atoms with Gasteiger partial charge in [-0.25, -0.2) is 0 Å². The number of amides is 1. The standard InChI is InChI=1S/C16H30N4O.HI/c1-4-17-15(18-11-13-7-8-13)19-12-16(9-5-6-10-16)14(21)20(2)3;/h13H,4-12H2,1-3H3,(H2,17,18,19);1H. The number of hydrogen-bond acceptors (Lipinski definition) is 2. The second-order valence-electron chi connectivity index (χ2n) is 6.71. The van der Waals surface area contributed by atoms with Crippen LogP contribution in [0.5, 0.6) is 0 Å². The fourth-order valence-electron chi connectivity index (χ4n) is 3.10. The highest BCUT2D eigenvalue weighted by molar-refractivity contribution is 14.0. The summed E-state index contributed by atoms with van der Waals surface area (Å²) in [4.78, 5) is 19.0. The predicted molar refractivity (Wildman–Crippen MR) is 102 cm³/mol. The van der Waals surface area contributed by atoms with E-state index >= 15 is 0 Å². The summed E-state index contributed by atoms with van der Waals surface area (Å²) >= 11 is 0. The van der Waals surface area contributed by atoms with Gasteiger partial charge in [-0.3, -0.25) is 9.79 Å². The molecule has 0 aromatic heterocycles. The zero-order chi connectivity index (χ0) is 15.3. The van der Waals surface area contributed by atoms with Crippen molar-refractivity contribution in [3.05, 3.63) is 0 Å². The lowest BCUT2D eigenvalue weighted by Gasteiger charge is -2.29. The van der Waals surface area contributed by atoms with Gasteiger partial charge in [0.05, 0.1) is 12.0 Å². The lowest BCUT2D eigenvalue weighted by Crippen LogP contribution is -2.43. The lowest BCUT2D eigenvalue weighted by atomic mass is 9.85. The molecule has 0 aliphatic heterocycles. The van der Waals surface area contributed by atoms with Gasteiger partial charge in [-0.2, -0.15) is 0 Å². The summed E-state index contributed by atoms with van der Waals surface area (Å²) in [5.41, 5.74) is -0.272. The fourth-order valence-corrected chi connectivity index (χ4v) is 3.10. The molecule has 6 heteroatoms. The van der Waals surface area contributed by atoms with E-state index in [1.807, 2.05) is 14.1 Å². The van der Waals surface area contributed by atoms with Gasteiger partial charge in [-0.1, -0.05) is 12.8 Å². The highest BCUT2D eigenvalue weighted by Gasteiger charge is 2.42. The number of carbonyl (C=O) groups is 1. The van der Waals surface area contributed by atoms with Crippen molar-refractivity contribution in [1.82, 2.24) is 15.5 Å². The third kappa shape index (κ3) is 5.28. The fraction of sp³-hybridized carbons (Fsp3) is 0.875. The van der Waals surface area contributed by atoms with Gasteiger partial charge in [0.1, 0.15) is 0 Å². The molecular formula is C16H31IN4O. The Morgan fingerprint density at radius 3 is 2.36 bits per heavy atom. The van der Waals surface area contributed by atoms with Gasteiger partial charge >= 0.3 is 0 Å². The molecule has 22 heavy (non-hydrogen) atoms. The van der Waals surface area contributed by atoms with Crippen LogP contribution in [0.4, 0.5) is 0 Å². The van der Waals surface area contributed by atoms with Crippen LogP contribution in [0.3, 0.4) is 0 Å². The molecule has 0 aromatic carbocycles. The highest BCUT2D eigenvalue weighted by atomic mass is 127. The Kier molecular flexibility index (Phi) is 7.93.